The lowest BCUT2D eigenvalue weighted by Crippen LogP contribution is -2.33. The van der Waals surface area contributed by atoms with Crippen molar-refractivity contribution >= 4 is 0 Å². The first kappa shape index (κ1) is 11.9. The third kappa shape index (κ3) is 1.69. The first-order valence-electron chi connectivity index (χ1n) is 7.87. The molecule has 0 aliphatic heterocycles. The van der Waals surface area contributed by atoms with Crippen LogP contribution in [0, 0.1) is 29.6 Å². The van der Waals surface area contributed by atoms with Crippen molar-refractivity contribution in [3.8, 4) is 0 Å². The minimum Gasteiger partial charge on any atom is -0.316 e. The average molecular weight is 260 g/mol. The van der Waals surface area contributed by atoms with Gasteiger partial charge in [0.1, 0.15) is 12.2 Å². The molecule has 0 spiro atoms. The molecule has 1 heterocycles. The lowest BCUT2D eigenvalue weighted by Gasteiger charge is -2.19. The number of likely N-dealkylation sites (N-methyl/N-ethyl adjacent to an activating group) is 1. The van der Waals surface area contributed by atoms with Gasteiger partial charge in [-0.2, -0.15) is 5.10 Å². The SMILES string of the molecule is CCn1ncnc1CC(NC)C1C2C3CCC(C3)C21. The maximum atomic E-state index is 4.44. The van der Waals surface area contributed by atoms with Crippen molar-refractivity contribution < 1.29 is 0 Å². The second-order valence-electron chi connectivity index (χ2n) is 6.66. The van der Waals surface area contributed by atoms with Crippen LogP contribution in [-0.2, 0) is 13.0 Å². The predicted molar refractivity (Wildman–Crippen MR) is 73.5 cm³/mol. The largest absolute Gasteiger partial charge is 0.316 e. The summed E-state index contributed by atoms with van der Waals surface area (Å²) in [6.07, 6.45) is 7.28. The van der Waals surface area contributed by atoms with Crippen molar-refractivity contribution in [1.29, 1.82) is 0 Å². The normalized spacial score (nSPS) is 40.4. The first-order chi connectivity index (χ1) is 9.33. The Morgan fingerprint density at radius 1 is 1.37 bits per heavy atom. The first-order valence-corrected chi connectivity index (χ1v) is 7.87. The molecule has 3 aliphatic rings. The quantitative estimate of drug-likeness (QED) is 0.876. The molecular weight excluding hydrogens is 236 g/mol. The zero-order valence-electron chi connectivity index (χ0n) is 11.9. The zero-order chi connectivity index (χ0) is 13.0. The fourth-order valence-corrected chi connectivity index (χ4v) is 5.27. The number of nitrogens with one attached hydrogen (secondary N) is 1. The smallest absolute Gasteiger partial charge is 0.138 e. The summed E-state index contributed by atoms with van der Waals surface area (Å²) in [6, 6.07) is 0.605. The summed E-state index contributed by atoms with van der Waals surface area (Å²) in [7, 11) is 2.12. The Bertz CT molecular complexity index is 452. The summed E-state index contributed by atoms with van der Waals surface area (Å²) in [5, 5.41) is 7.86. The van der Waals surface area contributed by atoms with Gasteiger partial charge in [-0.05, 0) is 62.8 Å². The Balaban J connectivity index is 1.48. The number of nitrogens with zero attached hydrogens (tertiary/aromatic N) is 3. The van der Waals surface area contributed by atoms with E-state index >= 15 is 0 Å². The fourth-order valence-electron chi connectivity index (χ4n) is 5.27. The van der Waals surface area contributed by atoms with Crippen LogP contribution in [0.3, 0.4) is 0 Å². The Hall–Kier alpha value is -0.900. The van der Waals surface area contributed by atoms with Crippen LogP contribution in [0.1, 0.15) is 32.0 Å². The van der Waals surface area contributed by atoms with Crippen molar-refractivity contribution in [2.75, 3.05) is 7.05 Å². The Morgan fingerprint density at radius 3 is 2.74 bits per heavy atom. The summed E-state index contributed by atoms with van der Waals surface area (Å²) < 4.78 is 2.04. The molecule has 0 radical (unpaired) electrons. The van der Waals surface area contributed by atoms with Gasteiger partial charge in [0.25, 0.3) is 0 Å². The molecule has 104 valence electrons. The summed E-state index contributed by atoms with van der Waals surface area (Å²) in [5.74, 6) is 6.25. The van der Waals surface area contributed by atoms with E-state index in [0.717, 1.165) is 48.4 Å². The van der Waals surface area contributed by atoms with E-state index in [1.807, 2.05) is 4.68 Å². The van der Waals surface area contributed by atoms with Crippen molar-refractivity contribution in [3.63, 3.8) is 0 Å². The molecule has 0 amide bonds. The van der Waals surface area contributed by atoms with Crippen LogP contribution in [0.15, 0.2) is 6.33 Å². The van der Waals surface area contributed by atoms with Crippen LogP contribution in [-0.4, -0.2) is 27.9 Å². The van der Waals surface area contributed by atoms with Crippen LogP contribution in [0.25, 0.3) is 0 Å². The minimum absolute atomic E-state index is 0.605. The zero-order valence-corrected chi connectivity index (χ0v) is 11.9. The fraction of sp³-hybridized carbons (Fsp3) is 0.867. The van der Waals surface area contributed by atoms with Crippen molar-refractivity contribution in [1.82, 2.24) is 20.1 Å². The monoisotopic (exact) mass is 260 g/mol. The van der Waals surface area contributed by atoms with E-state index in [2.05, 4.69) is 29.4 Å². The van der Waals surface area contributed by atoms with E-state index in [-0.39, 0.29) is 0 Å². The Kier molecular flexibility index (Phi) is 2.69. The van der Waals surface area contributed by atoms with Crippen LogP contribution < -0.4 is 5.32 Å². The average Bonchev–Trinajstić information content (AvgIpc) is 2.83. The topological polar surface area (TPSA) is 42.7 Å². The molecule has 1 aromatic heterocycles. The second kappa shape index (κ2) is 4.30. The van der Waals surface area contributed by atoms with Gasteiger partial charge in [0.05, 0.1) is 0 Å². The number of hydrogen-bond acceptors (Lipinski definition) is 3. The number of aryl methyl sites for hydroxylation is 1. The molecule has 0 saturated heterocycles. The lowest BCUT2D eigenvalue weighted by molar-refractivity contribution is 0.368. The maximum Gasteiger partial charge on any atom is 0.138 e. The molecule has 3 saturated carbocycles. The van der Waals surface area contributed by atoms with Crippen LogP contribution in [0.4, 0.5) is 0 Å². The lowest BCUT2D eigenvalue weighted by atomic mass is 9.95. The second-order valence-corrected chi connectivity index (χ2v) is 6.66. The third-order valence-electron chi connectivity index (χ3n) is 6.03. The van der Waals surface area contributed by atoms with E-state index in [9.17, 15) is 0 Å². The van der Waals surface area contributed by atoms with Crippen molar-refractivity contribution in [3.05, 3.63) is 12.2 Å². The molecular formula is C15H24N4. The Morgan fingerprint density at radius 2 is 2.11 bits per heavy atom. The molecule has 4 nitrogen and oxygen atoms in total. The molecule has 4 rings (SSSR count). The summed E-state index contributed by atoms with van der Waals surface area (Å²) >= 11 is 0. The van der Waals surface area contributed by atoms with E-state index in [1.54, 1.807) is 6.33 Å². The van der Waals surface area contributed by atoms with Gasteiger partial charge in [0.2, 0.25) is 0 Å². The highest BCUT2D eigenvalue weighted by molar-refractivity contribution is 5.16. The van der Waals surface area contributed by atoms with Gasteiger partial charge in [-0.15, -0.1) is 0 Å². The van der Waals surface area contributed by atoms with Crippen LogP contribution in [0.5, 0.6) is 0 Å². The Labute approximate surface area is 115 Å². The predicted octanol–water partition coefficient (Wildman–Crippen LogP) is 1.72. The van der Waals surface area contributed by atoms with Crippen molar-refractivity contribution in [2.24, 2.45) is 29.6 Å². The minimum atomic E-state index is 0.605. The van der Waals surface area contributed by atoms with E-state index in [4.69, 9.17) is 0 Å². The van der Waals surface area contributed by atoms with Gasteiger partial charge >= 0.3 is 0 Å². The van der Waals surface area contributed by atoms with Gasteiger partial charge < -0.3 is 5.32 Å². The molecule has 1 aromatic rings. The summed E-state index contributed by atoms with van der Waals surface area (Å²) in [6.45, 7) is 3.06. The summed E-state index contributed by atoms with van der Waals surface area (Å²) in [5.41, 5.74) is 0. The highest BCUT2D eigenvalue weighted by Crippen LogP contribution is 2.70. The van der Waals surface area contributed by atoms with Crippen LogP contribution >= 0.6 is 0 Å². The third-order valence-corrected chi connectivity index (χ3v) is 6.03. The summed E-state index contributed by atoms with van der Waals surface area (Å²) in [4.78, 5) is 4.44. The number of rotatable bonds is 5. The molecule has 19 heavy (non-hydrogen) atoms. The van der Waals surface area contributed by atoms with Gasteiger partial charge in [0.15, 0.2) is 0 Å². The van der Waals surface area contributed by atoms with Crippen LogP contribution in [0.2, 0.25) is 0 Å². The molecule has 1 N–H and O–H groups in total. The molecule has 0 aromatic carbocycles. The van der Waals surface area contributed by atoms with E-state index < -0.39 is 0 Å². The number of fused-ring (bicyclic) bond motifs is 5. The molecule has 4 heteroatoms. The highest BCUT2D eigenvalue weighted by Gasteiger charge is 2.66. The standard InChI is InChI=1S/C15H24N4/c1-3-19-12(17-8-18-19)7-11(16-2)15-13-9-4-5-10(6-9)14(13)15/h8-11,13-16H,3-7H2,1-2H3. The van der Waals surface area contributed by atoms with E-state index in [0.29, 0.717) is 6.04 Å². The maximum absolute atomic E-state index is 4.44. The molecule has 5 atom stereocenters. The molecule has 5 unspecified atom stereocenters. The number of hydrogen-bond donors (Lipinski definition) is 1. The molecule has 3 aliphatic carbocycles. The van der Waals surface area contributed by atoms with E-state index in [1.165, 1.54) is 19.3 Å². The highest BCUT2D eigenvalue weighted by atomic mass is 15.3. The molecule has 2 bridgehead atoms. The van der Waals surface area contributed by atoms with Gasteiger partial charge in [0, 0.05) is 19.0 Å². The van der Waals surface area contributed by atoms with Gasteiger partial charge in [-0.3, -0.25) is 4.68 Å². The van der Waals surface area contributed by atoms with Gasteiger partial charge in [-0.25, -0.2) is 4.98 Å². The van der Waals surface area contributed by atoms with Crippen molar-refractivity contribution in [2.45, 2.75) is 45.2 Å². The number of aromatic nitrogens is 3. The van der Waals surface area contributed by atoms with Gasteiger partial charge in [-0.1, -0.05) is 0 Å². The molecule has 3 fully saturated rings.